The number of nitrogens with zero attached hydrogens (tertiary/aromatic N) is 9. The predicted octanol–water partition coefficient (Wildman–Crippen LogP) is 31.8. The molecule has 0 N–H and O–H groups in total. The van der Waals surface area contributed by atoms with Crippen LogP contribution in [0.1, 0.15) is 0 Å². The Morgan fingerprint density at radius 3 is 0.515 bits per heavy atom. The standard InChI is InChI=1S/C51H31N3.C39H25N3.C33H21N3/c1-2-8-32(9-3-1)33-14-16-36(17-15-33)49-52-50(39-22-24-43-37(30-39)20-28-45-41-12-6-4-10-34(41)18-26-47(43)45)54-51(53-49)40-23-25-44-38(31-40)21-29-46-42-13-7-5-11-35(42)19-27-48(44)46;1-3-10-26(11-4-1)29-15-9-16-31(24-29)38-40-37(28-13-5-2-6-14-28)41-39(42-38)32-20-21-34-30(25-32)19-23-35-33-17-8-7-12-27(33)18-22-36(34)35;1-3-10-23(11-4-1)31-34-32(24-12-5-2-6-13-24)36-33(35-31)26-17-18-28-25(21-26)16-20-29-27-14-8-7-9-22(27)15-19-30(28)29/h1-31H;1-25H;1-21H. The van der Waals surface area contributed by atoms with Gasteiger partial charge in [0.1, 0.15) is 0 Å². The van der Waals surface area contributed by atoms with E-state index in [4.69, 9.17) is 44.9 Å². The maximum absolute atomic E-state index is 5.16. The van der Waals surface area contributed by atoms with Crippen LogP contribution >= 0.6 is 0 Å². The number of hydrogen-bond acceptors (Lipinski definition) is 9. The monoisotopic (exact) mass is 1680 g/mol. The zero-order chi connectivity index (χ0) is 87.4. The Balaban J connectivity index is 0.000000112. The first-order chi connectivity index (χ1) is 65.4. The van der Waals surface area contributed by atoms with E-state index in [1.165, 1.54) is 119 Å². The van der Waals surface area contributed by atoms with Crippen LogP contribution in [0.15, 0.2) is 467 Å². The Morgan fingerprint density at radius 2 is 0.242 bits per heavy atom. The molecule has 0 saturated carbocycles. The van der Waals surface area contributed by atoms with Gasteiger partial charge in [-0.1, -0.05) is 437 Å². The van der Waals surface area contributed by atoms with Crippen LogP contribution in [0.2, 0.25) is 0 Å². The van der Waals surface area contributed by atoms with Gasteiger partial charge in [0.25, 0.3) is 0 Å². The molecule has 23 aromatic carbocycles. The minimum Gasteiger partial charge on any atom is -0.208 e. The quantitative estimate of drug-likeness (QED) is 0.117. The fourth-order valence-electron chi connectivity index (χ4n) is 18.8. The van der Waals surface area contributed by atoms with Gasteiger partial charge in [0.15, 0.2) is 52.4 Å². The molecule has 0 aliphatic carbocycles. The van der Waals surface area contributed by atoms with Crippen molar-refractivity contribution in [2.75, 3.05) is 0 Å². The summed E-state index contributed by atoms with van der Waals surface area (Å²) in [4.78, 5) is 44.9. The Bertz CT molecular complexity index is 8780. The first-order valence-electron chi connectivity index (χ1n) is 44.5. The first kappa shape index (κ1) is 77.8. The normalized spacial score (nSPS) is 11.5. The molecule has 0 unspecified atom stereocenters. The van der Waals surface area contributed by atoms with Crippen LogP contribution in [0.25, 0.3) is 254 Å². The van der Waals surface area contributed by atoms with Crippen LogP contribution in [0.4, 0.5) is 0 Å². The molecule has 0 spiro atoms. The SMILES string of the molecule is c1ccc(-c2ccc(-c3nc(-c4ccc5c(ccc6c7ccccc7ccc56)c4)nc(-c4ccc5c(ccc6c7ccccc7ccc56)c4)n3)cc2)cc1.c1ccc(-c2cccc(-c3nc(-c4ccccc4)nc(-c4ccc5c(ccc6c7ccccc7ccc56)c4)n3)c2)cc1.c1ccc(-c2nc(-c3ccccc3)nc(-c3ccc4c(ccc5c6ccccc6ccc45)c3)n2)cc1. The molecule has 0 aliphatic rings. The van der Waals surface area contributed by atoms with Crippen LogP contribution in [-0.2, 0) is 0 Å². The van der Waals surface area contributed by atoms with Gasteiger partial charge in [-0.3, -0.25) is 0 Å². The Labute approximate surface area is 760 Å². The highest BCUT2D eigenvalue weighted by atomic mass is 15.1. The predicted molar refractivity (Wildman–Crippen MR) is 549 cm³/mol. The molecule has 0 aliphatic heterocycles. The van der Waals surface area contributed by atoms with Gasteiger partial charge in [-0.2, -0.15) is 0 Å². The lowest BCUT2D eigenvalue weighted by Crippen LogP contribution is -2.00. The summed E-state index contributed by atoms with van der Waals surface area (Å²) in [5, 5.41) is 29.6. The molecule has 0 saturated heterocycles. The maximum atomic E-state index is 5.16. The molecule has 3 heterocycles. The van der Waals surface area contributed by atoms with Crippen molar-refractivity contribution in [1.82, 2.24) is 44.9 Å². The minimum atomic E-state index is 0.643. The van der Waals surface area contributed by atoms with Gasteiger partial charge < -0.3 is 0 Å². The molecule has 9 heteroatoms. The van der Waals surface area contributed by atoms with Gasteiger partial charge in [-0.15, -0.1) is 0 Å². The van der Waals surface area contributed by atoms with E-state index in [1.807, 2.05) is 103 Å². The summed E-state index contributed by atoms with van der Waals surface area (Å²) in [6, 6.07) is 164. The maximum Gasteiger partial charge on any atom is 0.164 e. The molecular weight excluding hydrogens is 1600 g/mol. The molecule has 0 atom stereocenters. The summed E-state index contributed by atoms with van der Waals surface area (Å²) >= 11 is 0. The number of rotatable bonds is 11. The Morgan fingerprint density at radius 1 is 0.0833 bits per heavy atom. The van der Waals surface area contributed by atoms with Gasteiger partial charge in [0.2, 0.25) is 0 Å². The van der Waals surface area contributed by atoms with Crippen molar-refractivity contribution in [3.8, 4) is 125 Å². The van der Waals surface area contributed by atoms with Crippen molar-refractivity contribution in [3.63, 3.8) is 0 Å². The van der Waals surface area contributed by atoms with Gasteiger partial charge in [0.05, 0.1) is 0 Å². The van der Waals surface area contributed by atoms with E-state index in [-0.39, 0.29) is 0 Å². The topological polar surface area (TPSA) is 116 Å². The van der Waals surface area contributed by atoms with Crippen molar-refractivity contribution in [3.05, 3.63) is 467 Å². The molecule has 26 aromatic rings. The van der Waals surface area contributed by atoms with E-state index in [2.05, 4.69) is 364 Å². The number of fused-ring (bicyclic) bond motifs is 20. The molecule has 614 valence electrons. The second-order valence-corrected chi connectivity index (χ2v) is 33.4. The number of benzene rings is 23. The highest BCUT2D eigenvalue weighted by Crippen LogP contribution is 2.42. The van der Waals surface area contributed by atoms with Gasteiger partial charge >= 0.3 is 0 Å². The van der Waals surface area contributed by atoms with Crippen molar-refractivity contribution in [1.29, 1.82) is 0 Å². The molecule has 0 fully saturated rings. The van der Waals surface area contributed by atoms with E-state index in [1.54, 1.807) is 0 Å². The van der Waals surface area contributed by atoms with Crippen LogP contribution < -0.4 is 0 Å². The highest BCUT2D eigenvalue weighted by molar-refractivity contribution is 6.21. The second kappa shape index (κ2) is 33.5. The van der Waals surface area contributed by atoms with Crippen molar-refractivity contribution in [2.24, 2.45) is 0 Å². The molecule has 0 radical (unpaired) electrons. The summed E-state index contributed by atoms with van der Waals surface area (Å²) in [5.41, 5.74) is 13.2. The summed E-state index contributed by atoms with van der Waals surface area (Å²) in [6.07, 6.45) is 0. The first-order valence-corrected chi connectivity index (χ1v) is 44.5. The number of aromatic nitrogens is 9. The third kappa shape index (κ3) is 14.8. The van der Waals surface area contributed by atoms with Crippen LogP contribution in [0.5, 0.6) is 0 Å². The zero-order valence-electron chi connectivity index (χ0n) is 71.5. The summed E-state index contributed by atoms with van der Waals surface area (Å²) < 4.78 is 0. The summed E-state index contributed by atoms with van der Waals surface area (Å²) in [6.45, 7) is 0. The van der Waals surface area contributed by atoms with E-state index in [9.17, 15) is 0 Å². The third-order valence-corrected chi connectivity index (χ3v) is 25.5. The van der Waals surface area contributed by atoms with Crippen molar-refractivity contribution < 1.29 is 0 Å². The van der Waals surface area contributed by atoms with Crippen LogP contribution in [0.3, 0.4) is 0 Å². The molecule has 3 aromatic heterocycles. The zero-order valence-corrected chi connectivity index (χ0v) is 71.5. The lowest BCUT2D eigenvalue weighted by Gasteiger charge is -2.12. The fourth-order valence-corrected chi connectivity index (χ4v) is 18.8. The molecule has 9 nitrogen and oxygen atoms in total. The highest BCUT2D eigenvalue weighted by Gasteiger charge is 2.21. The van der Waals surface area contributed by atoms with Gasteiger partial charge in [-0.05, 0) is 182 Å². The summed E-state index contributed by atoms with van der Waals surface area (Å²) in [5.74, 6) is 5.92. The van der Waals surface area contributed by atoms with E-state index < -0.39 is 0 Å². The van der Waals surface area contributed by atoms with Gasteiger partial charge in [-0.25, -0.2) is 44.9 Å². The van der Waals surface area contributed by atoms with Crippen molar-refractivity contribution in [2.45, 2.75) is 0 Å². The molecule has 0 amide bonds. The van der Waals surface area contributed by atoms with Crippen LogP contribution in [0, 0.1) is 0 Å². The lowest BCUT2D eigenvalue weighted by molar-refractivity contribution is 1.07. The van der Waals surface area contributed by atoms with E-state index in [0.717, 1.165) is 82.9 Å². The Kier molecular flexibility index (Phi) is 19.7. The van der Waals surface area contributed by atoms with Gasteiger partial charge in [0, 0.05) is 50.1 Å². The molecule has 26 rings (SSSR count). The molecule has 132 heavy (non-hydrogen) atoms. The smallest absolute Gasteiger partial charge is 0.164 e. The second-order valence-electron chi connectivity index (χ2n) is 33.4. The molecular formula is C123H77N9. The number of hydrogen-bond donors (Lipinski definition) is 0. The lowest BCUT2D eigenvalue weighted by atomic mass is 9.96. The van der Waals surface area contributed by atoms with Crippen molar-refractivity contribution >= 4 is 129 Å². The summed E-state index contributed by atoms with van der Waals surface area (Å²) in [7, 11) is 0. The minimum absolute atomic E-state index is 0.643. The Hall–Kier alpha value is -17.8. The molecule has 0 bridgehead atoms. The van der Waals surface area contributed by atoms with Crippen LogP contribution in [-0.4, -0.2) is 44.9 Å². The third-order valence-electron chi connectivity index (χ3n) is 25.5. The average Bonchev–Trinajstić information content (AvgIpc) is 0.777. The fraction of sp³-hybridized carbons (Fsp3) is 0. The largest absolute Gasteiger partial charge is 0.208 e. The van der Waals surface area contributed by atoms with E-state index >= 15 is 0 Å². The van der Waals surface area contributed by atoms with E-state index in [0.29, 0.717) is 52.4 Å². The average molecular weight is 1680 g/mol.